The van der Waals surface area contributed by atoms with E-state index >= 15 is 4.79 Å². The van der Waals surface area contributed by atoms with Crippen LogP contribution in [0.2, 0.25) is 0 Å². The predicted molar refractivity (Wildman–Crippen MR) is 193 cm³/mol. The number of esters is 3. The number of fused-ring (bicyclic) bond motifs is 5. The zero-order valence-electron chi connectivity index (χ0n) is 33.0. The molecule has 2 aromatic carbocycles. The summed E-state index contributed by atoms with van der Waals surface area (Å²) in [5.41, 5.74) is -8.43. The highest BCUT2D eigenvalue weighted by Crippen LogP contribution is 2.65. The van der Waals surface area contributed by atoms with Gasteiger partial charge in [-0.1, -0.05) is 62.4 Å². The first kappa shape index (κ1) is 44.2. The molecule has 6 rings (SSSR count). The number of carbonyl (C=O) groups excluding carboxylic acids is 4. The minimum absolute atomic E-state index is 0.0339. The molecule has 0 unspecified atom stereocenters. The normalized spacial score (nSPS) is 32.7. The van der Waals surface area contributed by atoms with Crippen LogP contribution in [0.5, 0.6) is 0 Å². The number of ether oxygens (including phenoxy) is 6. The van der Waals surface area contributed by atoms with Crippen LogP contribution in [-0.4, -0.2) is 103 Å². The second-order valence-corrected chi connectivity index (χ2v) is 16.4. The number of aliphatic hydroxyl groups is 1. The van der Waals surface area contributed by atoms with E-state index in [1.165, 1.54) is 45.0 Å². The number of rotatable bonds is 11. The Morgan fingerprint density at radius 3 is 2.03 bits per heavy atom. The van der Waals surface area contributed by atoms with Gasteiger partial charge in [0.15, 0.2) is 11.4 Å². The summed E-state index contributed by atoms with van der Waals surface area (Å²) in [6, 6.07) is 16.3. The van der Waals surface area contributed by atoms with E-state index in [2.05, 4.69) is 0 Å². The number of halogens is 6. The molecule has 2 bridgehead atoms. The maximum absolute atomic E-state index is 15.5. The number of aryl methyl sites for hydroxylation is 1. The van der Waals surface area contributed by atoms with Crippen LogP contribution in [-0.2, 0) is 49.2 Å². The van der Waals surface area contributed by atoms with Crippen molar-refractivity contribution in [2.75, 3.05) is 19.8 Å². The van der Waals surface area contributed by atoms with Gasteiger partial charge in [-0.25, -0.2) is 4.79 Å². The minimum Gasteiger partial charge on any atom is -0.458 e. The lowest BCUT2D eigenvalue weighted by molar-refractivity contribution is -0.352. The van der Waals surface area contributed by atoms with Crippen molar-refractivity contribution in [2.45, 2.75) is 114 Å². The molecule has 3 fully saturated rings. The molecule has 1 heterocycles. The molecular formula is C42H46F6O11. The van der Waals surface area contributed by atoms with Crippen molar-refractivity contribution in [1.82, 2.24) is 0 Å². The molecule has 1 saturated heterocycles. The molecule has 2 aromatic rings. The number of Topliss-reactive ketones (excluding diaryl/α,β-unsaturated/α-hetero) is 1. The lowest BCUT2D eigenvalue weighted by Gasteiger charge is -2.68. The highest BCUT2D eigenvalue weighted by molar-refractivity contribution is 5.94. The summed E-state index contributed by atoms with van der Waals surface area (Å²) in [6.07, 6.45) is -20.0. The topological polar surface area (TPSA) is 144 Å². The Labute approximate surface area is 336 Å². The molecule has 0 amide bonds. The molecule has 1 N–H and O–H groups in total. The van der Waals surface area contributed by atoms with Crippen LogP contribution in [0.1, 0.15) is 69.8 Å². The van der Waals surface area contributed by atoms with E-state index in [0.29, 0.717) is 0 Å². The second-order valence-electron chi connectivity index (χ2n) is 16.4. The van der Waals surface area contributed by atoms with Gasteiger partial charge in [0.1, 0.15) is 43.2 Å². The Balaban J connectivity index is 1.60. The van der Waals surface area contributed by atoms with Crippen LogP contribution in [0.4, 0.5) is 26.3 Å². The highest BCUT2D eigenvalue weighted by Gasteiger charge is 2.78. The average Bonchev–Trinajstić information content (AvgIpc) is 3.14. The fourth-order valence-corrected chi connectivity index (χ4v) is 9.60. The van der Waals surface area contributed by atoms with Gasteiger partial charge < -0.3 is 33.5 Å². The van der Waals surface area contributed by atoms with Crippen molar-refractivity contribution in [2.24, 2.45) is 16.7 Å². The Bertz CT molecular complexity index is 1950. The Hall–Kier alpha value is -4.32. The highest BCUT2D eigenvalue weighted by atomic mass is 19.4. The molecule has 0 spiro atoms. The molecule has 17 heteroatoms. The molecule has 59 heavy (non-hydrogen) atoms. The van der Waals surface area contributed by atoms with E-state index < -0.39 is 127 Å². The van der Waals surface area contributed by atoms with Crippen molar-refractivity contribution in [1.29, 1.82) is 0 Å². The number of hydrogen-bond acceptors (Lipinski definition) is 11. The third-order valence-corrected chi connectivity index (χ3v) is 12.5. The smallest absolute Gasteiger partial charge is 0.411 e. The quantitative estimate of drug-likeness (QED) is 0.116. The molecule has 9 atom stereocenters. The molecule has 2 saturated carbocycles. The second kappa shape index (κ2) is 15.9. The lowest BCUT2D eigenvalue weighted by Crippen LogP contribution is -2.82. The summed E-state index contributed by atoms with van der Waals surface area (Å²) in [5.74, 6) is -5.89. The van der Waals surface area contributed by atoms with E-state index in [1.807, 2.05) is 0 Å². The molecule has 4 aliphatic rings. The SMILES string of the molecule is CC(=O)O[C@@]12CO[C@@H]1C[C@H](OCC(F)(F)F)[C@@]1(C)C(=O)[C@H](OCC(F)(F)F)C3=C(C)[C@@H](OC(=O)CCc4ccccc4)C[C@@](O)([C@@H](OC(=O)c4ccccc4)[C@H]21)C3(C)C. The summed E-state index contributed by atoms with van der Waals surface area (Å²) in [7, 11) is 0. The van der Waals surface area contributed by atoms with Crippen LogP contribution in [0.3, 0.4) is 0 Å². The standard InChI is InChI=1S/C42H46F6O11/c1-23-27(57-30(50)17-16-25-12-8-6-9-13-25)19-40(53)35(58-36(52)26-14-10-7-11-15-26)33-38(5,34(51)32(31(23)37(40,3)4)56-22-42(46,47)48)28(55-21-41(43,44)45)18-29-39(33,20-54-29)59-24(2)49/h6-15,27-29,32-33,35,53H,16-22H2,1-5H3/t27-,28-,29+,32+,33-,35-,38+,39-,40+/m0/s1. The zero-order valence-corrected chi connectivity index (χ0v) is 33.0. The minimum atomic E-state index is -5.03. The van der Waals surface area contributed by atoms with Crippen molar-refractivity contribution in [3.05, 3.63) is 82.9 Å². The fourth-order valence-electron chi connectivity index (χ4n) is 9.60. The predicted octanol–water partition coefficient (Wildman–Crippen LogP) is 6.44. The van der Waals surface area contributed by atoms with Crippen LogP contribution in [0.15, 0.2) is 71.8 Å². The third kappa shape index (κ3) is 8.27. The molecule has 0 radical (unpaired) electrons. The largest absolute Gasteiger partial charge is 0.458 e. The van der Waals surface area contributed by atoms with E-state index in [-0.39, 0.29) is 29.6 Å². The molecule has 3 aliphatic carbocycles. The first-order valence-electron chi connectivity index (χ1n) is 19.1. The summed E-state index contributed by atoms with van der Waals surface area (Å²) < 4.78 is 119. The first-order chi connectivity index (χ1) is 27.4. The van der Waals surface area contributed by atoms with Crippen LogP contribution in [0, 0.1) is 16.7 Å². The molecule has 1 aliphatic heterocycles. The van der Waals surface area contributed by atoms with Crippen molar-refractivity contribution in [3.63, 3.8) is 0 Å². The van der Waals surface area contributed by atoms with E-state index in [4.69, 9.17) is 28.4 Å². The average molecular weight is 841 g/mol. The number of carbonyl (C=O) groups is 4. The van der Waals surface area contributed by atoms with Crippen LogP contribution >= 0.6 is 0 Å². The molecule has 11 nitrogen and oxygen atoms in total. The Morgan fingerprint density at radius 2 is 1.47 bits per heavy atom. The summed E-state index contributed by atoms with van der Waals surface area (Å²) >= 11 is 0. The fraction of sp³-hybridized carbons (Fsp3) is 0.571. The summed E-state index contributed by atoms with van der Waals surface area (Å²) in [5, 5.41) is 13.5. The maximum atomic E-state index is 15.5. The number of alkyl halides is 6. The first-order valence-corrected chi connectivity index (χ1v) is 19.1. The molecule has 322 valence electrons. The number of hydrogen-bond donors (Lipinski definition) is 1. The van der Waals surface area contributed by atoms with Gasteiger partial charge in [0, 0.05) is 31.6 Å². The summed E-state index contributed by atoms with van der Waals surface area (Å²) in [4.78, 5) is 56.2. The molecule has 0 aromatic heterocycles. The van der Waals surface area contributed by atoms with Gasteiger partial charge in [0.05, 0.1) is 29.6 Å². The summed E-state index contributed by atoms with van der Waals surface area (Å²) in [6.45, 7) is 1.87. The van der Waals surface area contributed by atoms with Crippen LogP contribution < -0.4 is 0 Å². The zero-order chi connectivity index (χ0) is 43.3. The lowest BCUT2D eigenvalue weighted by atomic mass is 9.44. The van der Waals surface area contributed by atoms with Gasteiger partial charge >= 0.3 is 30.3 Å². The van der Waals surface area contributed by atoms with Crippen molar-refractivity contribution >= 4 is 23.7 Å². The Morgan fingerprint density at radius 1 is 0.881 bits per heavy atom. The van der Waals surface area contributed by atoms with Gasteiger partial charge in [-0.2, -0.15) is 26.3 Å². The van der Waals surface area contributed by atoms with Crippen LogP contribution in [0.25, 0.3) is 0 Å². The number of ketones is 1. The van der Waals surface area contributed by atoms with Gasteiger partial charge in [-0.05, 0) is 49.1 Å². The molecular weight excluding hydrogens is 794 g/mol. The van der Waals surface area contributed by atoms with E-state index in [0.717, 1.165) is 19.4 Å². The van der Waals surface area contributed by atoms with Gasteiger partial charge in [-0.15, -0.1) is 0 Å². The van der Waals surface area contributed by atoms with E-state index in [1.54, 1.807) is 36.4 Å². The van der Waals surface area contributed by atoms with E-state index in [9.17, 15) is 45.8 Å². The van der Waals surface area contributed by atoms with Gasteiger partial charge in [-0.3, -0.25) is 14.4 Å². The van der Waals surface area contributed by atoms with Crippen molar-refractivity contribution in [3.8, 4) is 0 Å². The third-order valence-electron chi connectivity index (χ3n) is 12.5. The van der Waals surface area contributed by atoms with Crippen molar-refractivity contribution < 1.29 is 79.0 Å². The van der Waals surface area contributed by atoms with Gasteiger partial charge in [0.2, 0.25) is 0 Å². The Kier molecular flexibility index (Phi) is 12.0. The van der Waals surface area contributed by atoms with Gasteiger partial charge in [0.25, 0.3) is 0 Å². The monoisotopic (exact) mass is 840 g/mol. The maximum Gasteiger partial charge on any atom is 0.411 e. The number of benzene rings is 2.